The molecule has 0 spiro atoms. The number of urea groups is 2. The number of anilines is 2. The first-order valence-corrected chi connectivity index (χ1v) is 13.9. The largest absolute Gasteiger partial charge is 0.335 e. The van der Waals surface area contributed by atoms with Gasteiger partial charge in [0.2, 0.25) is 0 Å². The summed E-state index contributed by atoms with van der Waals surface area (Å²) in [6, 6.07) is 18.3. The van der Waals surface area contributed by atoms with Crippen molar-refractivity contribution in [1.82, 2.24) is 10.6 Å². The molecule has 0 aromatic heterocycles. The van der Waals surface area contributed by atoms with E-state index in [1.54, 1.807) is 0 Å². The van der Waals surface area contributed by atoms with Crippen molar-refractivity contribution in [2.75, 3.05) is 9.80 Å². The summed E-state index contributed by atoms with van der Waals surface area (Å²) in [7, 11) is 0. The van der Waals surface area contributed by atoms with E-state index in [0.717, 1.165) is 42.6 Å². The summed E-state index contributed by atoms with van der Waals surface area (Å²) in [4.78, 5) is 31.2. The average molecular weight is 489 g/mol. The summed E-state index contributed by atoms with van der Waals surface area (Å²) >= 11 is 0. The van der Waals surface area contributed by atoms with Gasteiger partial charge in [0.1, 0.15) is 0 Å². The number of carbonyl (C=O) groups is 2. The number of hydrogen-bond donors (Lipinski definition) is 2. The van der Waals surface area contributed by atoms with Crippen LogP contribution in [0, 0.1) is 0 Å². The molecule has 6 heteroatoms. The number of amides is 4. The number of benzene rings is 2. The summed E-state index contributed by atoms with van der Waals surface area (Å²) in [6.07, 6.45) is 12.1. The van der Waals surface area contributed by atoms with E-state index in [4.69, 9.17) is 0 Å². The standard InChI is InChI=1S/C30H40N4O2/c1-22-21-28(34(25-17-9-4-10-18-25)30(36)32-24-15-7-3-8-16-24)26-19-11-12-20-27(26)33(22)29(35)31-23-13-5-2-6-14-23/h4,9-12,17-20,22-24,28H,2-3,5-8,13-16,21H2,1H3,(H,31,35)(H,32,36)/t22-,28-/m1/s1. The first kappa shape index (κ1) is 24.7. The lowest BCUT2D eigenvalue weighted by Crippen LogP contribution is -2.54. The quantitative estimate of drug-likeness (QED) is 0.491. The highest BCUT2D eigenvalue weighted by molar-refractivity contribution is 5.97. The molecule has 2 atom stereocenters. The first-order chi connectivity index (χ1) is 17.6. The van der Waals surface area contributed by atoms with E-state index in [2.05, 4.69) is 23.6 Å². The van der Waals surface area contributed by atoms with Gasteiger partial charge in [-0.2, -0.15) is 0 Å². The van der Waals surface area contributed by atoms with E-state index in [1.807, 2.05) is 58.3 Å². The van der Waals surface area contributed by atoms with E-state index in [1.165, 1.54) is 38.5 Å². The minimum Gasteiger partial charge on any atom is -0.335 e. The summed E-state index contributed by atoms with van der Waals surface area (Å²) in [5, 5.41) is 6.65. The third kappa shape index (κ3) is 5.37. The van der Waals surface area contributed by atoms with Crippen LogP contribution in [0.4, 0.5) is 21.0 Å². The molecule has 0 bridgehead atoms. The van der Waals surface area contributed by atoms with Crippen LogP contribution in [-0.2, 0) is 0 Å². The van der Waals surface area contributed by atoms with Crippen LogP contribution < -0.4 is 20.4 Å². The van der Waals surface area contributed by atoms with Crippen LogP contribution in [0.2, 0.25) is 0 Å². The fraction of sp³-hybridized carbons (Fsp3) is 0.533. The molecule has 2 fully saturated rings. The molecule has 5 rings (SSSR count). The molecule has 0 unspecified atom stereocenters. The van der Waals surface area contributed by atoms with Crippen LogP contribution in [0.15, 0.2) is 54.6 Å². The molecule has 6 nitrogen and oxygen atoms in total. The highest BCUT2D eigenvalue weighted by Gasteiger charge is 2.39. The predicted molar refractivity (Wildman–Crippen MR) is 145 cm³/mol. The van der Waals surface area contributed by atoms with Crippen molar-refractivity contribution < 1.29 is 9.59 Å². The Morgan fingerprint density at radius 2 is 1.36 bits per heavy atom. The maximum absolute atomic E-state index is 13.8. The van der Waals surface area contributed by atoms with Crippen LogP contribution in [0.5, 0.6) is 0 Å². The zero-order valence-corrected chi connectivity index (χ0v) is 21.5. The summed E-state index contributed by atoms with van der Waals surface area (Å²) in [5.74, 6) is 0. The van der Waals surface area contributed by atoms with E-state index in [-0.39, 0.29) is 36.2 Å². The molecule has 2 N–H and O–H groups in total. The molecule has 2 saturated carbocycles. The van der Waals surface area contributed by atoms with E-state index in [0.29, 0.717) is 6.42 Å². The molecule has 3 aliphatic rings. The minimum atomic E-state index is -0.152. The number of fused-ring (bicyclic) bond motifs is 1. The van der Waals surface area contributed by atoms with Gasteiger partial charge in [0.05, 0.1) is 11.7 Å². The SMILES string of the molecule is C[C@@H]1C[C@@H](N(C(=O)NC2CCCCC2)c2ccccc2)c2ccccc2N1C(=O)NC1CCCCC1. The fourth-order valence-electron chi connectivity index (χ4n) is 6.35. The maximum Gasteiger partial charge on any atom is 0.322 e. The molecule has 192 valence electrons. The van der Waals surface area contributed by atoms with Crippen molar-refractivity contribution in [3.05, 3.63) is 60.2 Å². The Morgan fingerprint density at radius 1 is 0.778 bits per heavy atom. The molecule has 0 radical (unpaired) electrons. The van der Waals surface area contributed by atoms with Gasteiger partial charge in [-0.25, -0.2) is 9.59 Å². The third-order valence-electron chi connectivity index (χ3n) is 8.21. The second kappa shape index (κ2) is 11.4. The van der Waals surface area contributed by atoms with Crippen molar-refractivity contribution in [2.45, 2.75) is 102 Å². The Hall–Kier alpha value is -3.02. The van der Waals surface area contributed by atoms with Gasteiger partial charge in [0.25, 0.3) is 0 Å². The monoisotopic (exact) mass is 488 g/mol. The first-order valence-electron chi connectivity index (χ1n) is 13.9. The zero-order chi connectivity index (χ0) is 24.9. The van der Waals surface area contributed by atoms with Crippen molar-refractivity contribution >= 4 is 23.4 Å². The van der Waals surface area contributed by atoms with E-state index >= 15 is 0 Å². The molecule has 2 aromatic carbocycles. The lowest BCUT2D eigenvalue weighted by atomic mass is 9.90. The Labute approximate surface area is 215 Å². The highest BCUT2D eigenvalue weighted by Crippen LogP contribution is 2.42. The van der Waals surface area contributed by atoms with Crippen LogP contribution in [-0.4, -0.2) is 30.2 Å². The minimum absolute atomic E-state index is 0.0155. The topological polar surface area (TPSA) is 64.7 Å². The molecule has 2 aromatic rings. The summed E-state index contributed by atoms with van der Waals surface area (Å²) < 4.78 is 0. The fourth-order valence-corrected chi connectivity index (χ4v) is 6.35. The molecule has 2 aliphatic carbocycles. The van der Waals surface area contributed by atoms with Gasteiger partial charge in [0.15, 0.2) is 0 Å². The lowest BCUT2D eigenvalue weighted by Gasteiger charge is -2.44. The van der Waals surface area contributed by atoms with Crippen LogP contribution in [0.3, 0.4) is 0 Å². The third-order valence-corrected chi connectivity index (χ3v) is 8.21. The predicted octanol–water partition coefficient (Wildman–Crippen LogP) is 6.92. The number of nitrogens with zero attached hydrogens (tertiary/aromatic N) is 2. The van der Waals surface area contributed by atoms with Gasteiger partial charge in [-0.1, -0.05) is 74.9 Å². The summed E-state index contributed by atoms with van der Waals surface area (Å²) in [6.45, 7) is 2.10. The number of carbonyl (C=O) groups excluding carboxylic acids is 2. The second-order valence-corrected chi connectivity index (χ2v) is 10.8. The van der Waals surface area contributed by atoms with Gasteiger partial charge in [-0.3, -0.25) is 9.80 Å². The molecule has 36 heavy (non-hydrogen) atoms. The Morgan fingerprint density at radius 3 is 2.03 bits per heavy atom. The van der Waals surface area contributed by atoms with Gasteiger partial charge < -0.3 is 10.6 Å². The number of rotatable bonds is 4. The van der Waals surface area contributed by atoms with Gasteiger partial charge in [-0.05, 0) is 62.8 Å². The maximum atomic E-state index is 13.8. The van der Waals surface area contributed by atoms with Gasteiger partial charge in [-0.15, -0.1) is 0 Å². The molecular formula is C30H40N4O2. The van der Waals surface area contributed by atoms with Crippen LogP contribution in [0.25, 0.3) is 0 Å². The highest BCUT2D eigenvalue weighted by atomic mass is 16.2. The number of para-hydroxylation sites is 2. The molecule has 1 heterocycles. The van der Waals surface area contributed by atoms with Crippen LogP contribution >= 0.6 is 0 Å². The molecule has 1 aliphatic heterocycles. The smallest absolute Gasteiger partial charge is 0.322 e. The Balaban J connectivity index is 1.44. The molecule has 0 saturated heterocycles. The number of hydrogen-bond acceptors (Lipinski definition) is 2. The second-order valence-electron chi connectivity index (χ2n) is 10.8. The lowest BCUT2D eigenvalue weighted by molar-refractivity contribution is 0.232. The van der Waals surface area contributed by atoms with Gasteiger partial charge >= 0.3 is 12.1 Å². The van der Waals surface area contributed by atoms with E-state index in [9.17, 15) is 9.59 Å². The average Bonchev–Trinajstić information content (AvgIpc) is 2.90. The molecular weight excluding hydrogens is 448 g/mol. The van der Waals surface area contributed by atoms with Crippen LogP contribution in [0.1, 0.15) is 89.2 Å². The number of nitrogens with one attached hydrogen (secondary N) is 2. The zero-order valence-electron chi connectivity index (χ0n) is 21.5. The Kier molecular flexibility index (Phi) is 7.78. The van der Waals surface area contributed by atoms with Crippen molar-refractivity contribution in [3.63, 3.8) is 0 Å². The van der Waals surface area contributed by atoms with Gasteiger partial charge in [0, 0.05) is 23.8 Å². The van der Waals surface area contributed by atoms with Crippen molar-refractivity contribution in [3.8, 4) is 0 Å². The normalized spacial score (nSPS) is 23.0. The van der Waals surface area contributed by atoms with Crippen molar-refractivity contribution in [1.29, 1.82) is 0 Å². The molecule has 4 amide bonds. The van der Waals surface area contributed by atoms with E-state index < -0.39 is 0 Å². The summed E-state index contributed by atoms with van der Waals surface area (Å²) in [5.41, 5.74) is 2.82. The Bertz CT molecular complexity index is 1030. The van der Waals surface area contributed by atoms with Crippen molar-refractivity contribution in [2.24, 2.45) is 0 Å².